The molecule has 1 aliphatic rings. The molecule has 0 saturated heterocycles. The van der Waals surface area contributed by atoms with Crippen LogP contribution in [0.1, 0.15) is 26.2 Å². The molecule has 2 atom stereocenters. The second-order valence-corrected chi connectivity index (χ2v) is 4.54. The molecule has 0 aromatic heterocycles. The molecule has 100 valence electrons. The van der Waals surface area contributed by atoms with Crippen LogP contribution in [0.5, 0.6) is 0 Å². The molecule has 2 unspecified atom stereocenters. The Labute approximate surface area is 105 Å². The number of nitrogens with one attached hydrogen (secondary N) is 2. The molecule has 6 nitrogen and oxygen atoms in total. The molecule has 0 aliphatic heterocycles. The summed E-state index contributed by atoms with van der Waals surface area (Å²) in [6, 6.07) is -0.589. The SMILES string of the molecule is CC1CCCC1CNC(=O)NC(=O)/C=C/C(=O)O. The summed E-state index contributed by atoms with van der Waals surface area (Å²) in [6.07, 6.45) is 4.93. The summed E-state index contributed by atoms with van der Waals surface area (Å²) in [7, 11) is 0. The van der Waals surface area contributed by atoms with Gasteiger partial charge >= 0.3 is 12.0 Å². The molecule has 18 heavy (non-hydrogen) atoms. The predicted octanol–water partition coefficient (Wildman–Crippen LogP) is 0.889. The van der Waals surface area contributed by atoms with Gasteiger partial charge in [0.2, 0.25) is 0 Å². The minimum absolute atomic E-state index is 0.459. The average Bonchev–Trinajstić information content (AvgIpc) is 2.69. The number of amides is 3. The number of hydrogen-bond acceptors (Lipinski definition) is 3. The normalized spacial score (nSPS) is 22.9. The van der Waals surface area contributed by atoms with E-state index in [1.807, 2.05) is 5.32 Å². The molecule has 0 heterocycles. The molecular formula is C12H18N2O4. The first-order valence-electron chi connectivity index (χ1n) is 5.99. The largest absolute Gasteiger partial charge is 0.478 e. The van der Waals surface area contributed by atoms with Crippen molar-refractivity contribution in [3.05, 3.63) is 12.2 Å². The van der Waals surface area contributed by atoms with E-state index in [1.165, 1.54) is 12.8 Å². The van der Waals surface area contributed by atoms with Crippen LogP contribution in [0.2, 0.25) is 0 Å². The molecule has 3 amide bonds. The number of carbonyl (C=O) groups is 3. The molecule has 1 rings (SSSR count). The van der Waals surface area contributed by atoms with E-state index in [-0.39, 0.29) is 0 Å². The molecule has 0 radical (unpaired) electrons. The summed E-state index contributed by atoms with van der Waals surface area (Å²) in [5, 5.41) is 13.0. The van der Waals surface area contributed by atoms with Crippen LogP contribution in [0.25, 0.3) is 0 Å². The van der Waals surface area contributed by atoms with Crippen molar-refractivity contribution in [2.45, 2.75) is 26.2 Å². The Kier molecular flexibility index (Phi) is 5.35. The van der Waals surface area contributed by atoms with Crippen molar-refractivity contribution in [1.29, 1.82) is 0 Å². The van der Waals surface area contributed by atoms with Gasteiger partial charge in [-0.2, -0.15) is 0 Å². The van der Waals surface area contributed by atoms with Crippen LogP contribution in [0, 0.1) is 11.8 Å². The van der Waals surface area contributed by atoms with Crippen molar-refractivity contribution >= 4 is 17.9 Å². The predicted molar refractivity (Wildman–Crippen MR) is 64.8 cm³/mol. The Hall–Kier alpha value is -1.85. The molecule has 1 saturated carbocycles. The smallest absolute Gasteiger partial charge is 0.328 e. The third-order valence-corrected chi connectivity index (χ3v) is 3.18. The molecule has 3 N–H and O–H groups in total. The Morgan fingerprint density at radius 1 is 1.28 bits per heavy atom. The number of hydrogen-bond donors (Lipinski definition) is 3. The van der Waals surface area contributed by atoms with Gasteiger partial charge in [0, 0.05) is 18.7 Å². The van der Waals surface area contributed by atoms with E-state index in [1.54, 1.807) is 0 Å². The van der Waals surface area contributed by atoms with Crippen LogP contribution in [0.15, 0.2) is 12.2 Å². The van der Waals surface area contributed by atoms with Gasteiger partial charge in [-0.15, -0.1) is 0 Å². The first-order chi connectivity index (χ1) is 8.49. The van der Waals surface area contributed by atoms with E-state index in [2.05, 4.69) is 12.2 Å². The summed E-state index contributed by atoms with van der Waals surface area (Å²) in [5.41, 5.74) is 0. The summed E-state index contributed by atoms with van der Waals surface area (Å²) in [5.74, 6) is -0.923. The lowest BCUT2D eigenvalue weighted by Gasteiger charge is -2.15. The standard InChI is InChI=1S/C12H18N2O4/c1-8-3-2-4-9(8)7-13-12(18)14-10(15)5-6-11(16)17/h5-6,8-9H,2-4,7H2,1H3,(H,16,17)(H2,13,14,15,18)/b6-5+. The number of carboxylic acid groups (broad SMARTS) is 1. The van der Waals surface area contributed by atoms with Crippen molar-refractivity contribution in [3.8, 4) is 0 Å². The molecule has 1 fully saturated rings. The molecule has 1 aliphatic carbocycles. The van der Waals surface area contributed by atoms with Gasteiger partial charge in [-0.25, -0.2) is 9.59 Å². The van der Waals surface area contributed by atoms with E-state index in [0.29, 0.717) is 24.5 Å². The number of rotatable bonds is 4. The first-order valence-corrected chi connectivity index (χ1v) is 5.99. The van der Waals surface area contributed by atoms with Crippen LogP contribution in [0.4, 0.5) is 4.79 Å². The third-order valence-electron chi connectivity index (χ3n) is 3.18. The van der Waals surface area contributed by atoms with E-state index in [9.17, 15) is 14.4 Å². The highest BCUT2D eigenvalue weighted by molar-refractivity contribution is 6.02. The van der Waals surface area contributed by atoms with E-state index in [4.69, 9.17) is 5.11 Å². The molecule has 6 heteroatoms. The van der Waals surface area contributed by atoms with Crippen molar-refractivity contribution in [3.63, 3.8) is 0 Å². The van der Waals surface area contributed by atoms with E-state index < -0.39 is 17.9 Å². The van der Waals surface area contributed by atoms with Gasteiger partial charge in [-0.3, -0.25) is 10.1 Å². The van der Waals surface area contributed by atoms with Gasteiger partial charge in [-0.1, -0.05) is 19.8 Å². The summed E-state index contributed by atoms with van der Waals surface area (Å²) >= 11 is 0. The van der Waals surface area contributed by atoms with Crippen LogP contribution in [-0.4, -0.2) is 29.6 Å². The van der Waals surface area contributed by atoms with Crippen molar-refractivity contribution < 1.29 is 19.5 Å². The maximum atomic E-state index is 11.3. The second kappa shape index (κ2) is 6.78. The van der Waals surface area contributed by atoms with Crippen LogP contribution in [-0.2, 0) is 9.59 Å². The molecule has 0 bridgehead atoms. The quantitative estimate of drug-likeness (QED) is 0.649. The average molecular weight is 254 g/mol. The van der Waals surface area contributed by atoms with Gasteiger partial charge in [0.15, 0.2) is 0 Å². The fourth-order valence-corrected chi connectivity index (χ4v) is 2.09. The van der Waals surface area contributed by atoms with Crippen molar-refractivity contribution in [2.24, 2.45) is 11.8 Å². The topological polar surface area (TPSA) is 95.5 Å². The van der Waals surface area contributed by atoms with Gasteiger partial charge < -0.3 is 10.4 Å². The zero-order valence-electron chi connectivity index (χ0n) is 10.3. The molecule has 0 spiro atoms. The Morgan fingerprint density at radius 3 is 2.56 bits per heavy atom. The fraction of sp³-hybridized carbons (Fsp3) is 0.583. The lowest BCUT2D eigenvalue weighted by atomic mass is 9.98. The highest BCUT2D eigenvalue weighted by Gasteiger charge is 2.23. The minimum Gasteiger partial charge on any atom is -0.478 e. The number of imide groups is 1. The first kappa shape index (κ1) is 14.2. The second-order valence-electron chi connectivity index (χ2n) is 4.54. The van der Waals surface area contributed by atoms with Crippen LogP contribution in [0.3, 0.4) is 0 Å². The lowest BCUT2D eigenvalue weighted by molar-refractivity contribution is -0.131. The highest BCUT2D eigenvalue weighted by atomic mass is 16.4. The van der Waals surface area contributed by atoms with Gasteiger partial charge in [0.25, 0.3) is 5.91 Å². The van der Waals surface area contributed by atoms with Gasteiger partial charge in [0.05, 0.1) is 0 Å². The van der Waals surface area contributed by atoms with Crippen LogP contribution >= 0.6 is 0 Å². The van der Waals surface area contributed by atoms with Gasteiger partial charge in [-0.05, 0) is 18.3 Å². The zero-order chi connectivity index (χ0) is 13.5. The number of aliphatic carboxylic acids is 1. The molecule has 0 aromatic carbocycles. The number of carbonyl (C=O) groups excluding carboxylic acids is 2. The van der Waals surface area contributed by atoms with E-state index >= 15 is 0 Å². The van der Waals surface area contributed by atoms with Crippen molar-refractivity contribution in [1.82, 2.24) is 10.6 Å². The Balaban J connectivity index is 2.25. The summed E-state index contributed by atoms with van der Waals surface area (Å²) < 4.78 is 0. The Morgan fingerprint density at radius 2 is 2.00 bits per heavy atom. The van der Waals surface area contributed by atoms with Crippen molar-refractivity contribution in [2.75, 3.05) is 6.54 Å². The fourth-order valence-electron chi connectivity index (χ4n) is 2.09. The van der Waals surface area contributed by atoms with Crippen LogP contribution < -0.4 is 10.6 Å². The Bertz CT molecular complexity index is 365. The zero-order valence-corrected chi connectivity index (χ0v) is 10.3. The van der Waals surface area contributed by atoms with Gasteiger partial charge in [0.1, 0.15) is 0 Å². The molecular weight excluding hydrogens is 236 g/mol. The minimum atomic E-state index is -1.23. The maximum absolute atomic E-state index is 11.3. The molecule has 0 aromatic rings. The summed E-state index contributed by atoms with van der Waals surface area (Å²) in [6.45, 7) is 2.70. The third kappa shape index (κ3) is 4.99. The number of carboxylic acids is 1. The monoisotopic (exact) mass is 254 g/mol. The maximum Gasteiger partial charge on any atom is 0.328 e. The number of urea groups is 1. The van der Waals surface area contributed by atoms with E-state index in [0.717, 1.165) is 12.5 Å². The lowest BCUT2D eigenvalue weighted by Crippen LogP contribution is -2.41. The highest BCUT2D eigenvalue weighted by Crippen LogP contribution is 2.30. The summed E-state index contributed by atoms with van der Waals surface area (Å²) in [4.78, 5) is 32.6.